The van der Waals surface area contributed by atoms with Gasteiger partial charge in [0.2, 0.25) is 5.91 Å². The van der Waals surface area contributed by atoms with E-state index in [9.17, 15) is 14.4 Å². The number of carbonyl (C=O) groups excluding carboxylic acids is 3. The van der Waals surface area contributed by atoms with E-state index in [1.807, 2.05) is 62.4 Å². The van der Waals surface area contributed by atoms with Crippen LogP contribution in [0.15, 0.2) is 60.8 Å². The van der Waals surface area contributed by atoms with Gasteiger partial charge in [-0.1, -0.05) is 25.1 Å². The molecule has 1 aliphatic carbocycles. The standard InChI is InChI=1S/C30H29N5O4S/c1-3-24(36)32-20-10-7-11-21(20)33-28(37)27-26-25-23(14-15-31-29(25)40-27)35(30(38)34-26)22-13-12-19(16-17(22)2)39-18-8-5-4-6-9-18/h4-6,8-9,12-16,20-21H,3,7,10-11H2,1-2H3,(H,32,36)(H,33,37)(H,34,38)/t20?,21-/m0/s1. The Balaban J connectivity index is 1.30. The van der Waals surface area contributed by atoms with Gasteiger partial charge < -0.3 is 20.7 Å². The lowest BCUT2D eigenvalue weighted by Crippen LogP contribution is -2.48. The predicted molar refractivity (Wildman–Crippen MR) is 156 cm³/mol. The summed E-state index contributed by atoms with van der Waals surface area (Å²) >= 11 is 1.25. The van der Waals surface area contributed by atoms with Crippen molar-refractivity contribution in [2.75, 3.05) is 10.2 Å². The van der Waals surface area contributed by atoms with Gasteiger partial charge in [0.1, 0.15) is 21.2 Å². The molecule has 1 fully saturated rings. The summed E-state index contributed by atoms with van der Waals surface area (Å²) in [7, 11) is 0. The monoisotopic (exact) mass is 555 g/mol. The summed E-state index contributed by atoms with van der Waals surface area (Å²) in [5.74, 6) is 1.09. The van der Waals surface area contributed by atoms with Gasteiger partial charge in [0, 0.05) is 24.7 Å². The average molecular weight is 556 g/mol. The van der Waals surface area contributed by atoms with Crippen LogP contribution in [0.4, 0.5) is 21.9 Å². The molecule has 0 saturated heterocycles. The molecule has 10 heteroatoms. The van der Waals surface area contributed by atoms with Crippen LogP contribution in [-0.4, -0.2) is 34.9 Å². The van der Waals surface area contributed by atoms with Crippen molar-refractivity contribution in [2.24, 2.45) is 0 Å². The highest BCUT2D eigenvalue weighted by atomic mass is 32.1. The number of para-hydroxylation sites is 1. The molecule has 2 aromatic heterocycles. The van der Waals surface area contributed by atoms with Crippen molar-refractivity contribution in [2.45, 2.75) is 51.6 Å². The minimum atomic E-state index is -0.360. The second kappa shape index (κ2) is 10.6. The molecular weight excluding hydrogens is 526 g/mol. The molecule has 4 aromatic rings. The molecule has 9 nitrogen and oxygen atoms in total. The summed E-state index contributed by atoms with van der Waals surface area (Å²) in [5.41, 5.74) is 2.68. The van der Waals surface area contributed by atoms with Crippen molar-refractivity contribution in [3.63, 3.8) is 0 Å². The van der Waals surface area contributed by atoms with Gasteiger partial charge in [-0.3, -0.25) is 14.5 Å². The zero-order valence-corrected chi connectivity index (χ0v) is 23.0. The molecule has 2 atom stereocenters. The first-order chi connectivity index (χ1) is 19.4. The van der Waals surface area contributed by atoms with E-state index in [1.165, 1.54) is 11.3 Å². The van der Waals surface area contributed by atoms with Crippen molar-refractivity contribution in [1.29, 1.82) is 0 Å². The Bertz CT molecular complexity index is 1620. The molecule has 2 aromatic carbocycles. The Hall–Kier alpha value is -4.44. The number of nitrogens with zero attached hydrogens (tertiary/aromatic N) is 2. The lowest BCUT2D eigenvalue weighted by atomic mass is 10.1. The molecule has 204 valence electrons. The summed E-state index contributed by atoms with van der Waals surface area (Å²) in [4.78, 5) is 46.1. The van der Waals surface area contributed by atoms with Crippen LogP contribution in [0.1, 0.15) is 47.8 Å². The fraction of sp³-hybridized carbons (Fsp3) is 0.267. The molecule has 4 amide bonds. The van der Waals surface area contributed by atoms with Crippen LogP contribution in [0.5, 0.6) is 11.5 Å². The zero-order valence-electron chi connectivity index (χ0n) is 22.2. The number of ether oxygens (including phenoxy) is 1. The number of carbonyl (C=O) groups is 3. The summed E-state index contributed by atoms with van der Waals surface area (Å²) in [6.07, 6.45) is 4.58. The quantitative estimate of drug-likeness (QED) is 0.249. The summed E-state index contributed by atoms with van der Waals surface area (Å²) in [6.45, 7) is 3.74. The Morgan fingerprint density at radius 3 is 2.58 bits per heavy atom. The number of pyridine rings is 1. The maximum atomic E-state index is 13.5. The number of aromatic nitrogens is 1. The smallest absolute Gasteiger partial charge is 0.331 e. The van der Waals surface area contributed by atoms with Gasteiger partial charge in [-0.15, -0.1) is 11.3 Å². The SMILES string of the molecule is CCC(=O)NC1CCC[C@@H]1NC(=O)c1sc2nccc3c2c1NC(=O)N3c1ccc(Oc2ccccc2)cc1C. The summed E-state index contributed by atoms with van der Waals surface area (Å²) in [6, 6.07) is 16.3. The number of anilines is 3. The van der Waals surface area contributed by atoms with Crippen molar-refractivity contribution in [1.82, 2.24) is 15.6 Å². The highest BCUT2D eigenvalue weighted by molar-refractivity contribution is 7.21. The second-order valence-electron chi connectivity index (χ2n) is 9.98. The average Bonchev–Trinajstić information content (AvgIpc) is 3.55. The summed E-state index contributed by atoms with van der Waals surface area (Å²) in [5, 5.41) is 9.80. The van der Waals surface area contributed by atoms with E-state index >= 15 is 0 Å². The van der Waals surface area contributed by atoms with Crippen LogP contribution >= 0.6 is 11.3 Å². The van der Waals surface area contributed by atoms with Gasteiger partial charge in [-0.25, -0.2) is 9.78 Å². The molecule has 0 radical (unpaired) electrons. The van der Waals surface area contributed by atoms with Gasteiger partial charge in [-0.2, -0.15) is 0 Å². The molecule has 3 heterocycles. The molecule has 1 unspecified atom stereocenters. The number of urea groups is 1. The first kappa shape index (κ1) is 25.8. The Kier molecular flexibility index (Phi) is 6.85. The molecule has 1 aliphatic heterocycles. The molecule has 2 aliphatic rings. The molecule has 3 N–H and O–H groups in total. The first-order valence-electron chi connectivity index (χ1n) is 13.4. The third-order valence-corrected chi connectivity index (χ3v) is 8.44. The van der Waals surface area contributed by atoms with Crippen molar-refractivity contribution >= 4 is 56.5 Å². The van der Waals surface area contributed by atoms with Crippen LogP contribution in [-0.2, 0) is 4.79 Å². The predicted octanol–water partition coefficient (Wildman–Crippen LogP) is 6.26. The lowest BCUT2D eigenvalue weighted by Gasteiger charge is -2.29. The van der Waals surface area contributed by atoms with E-state index in [1.54, 1.807) is 17.2 Å². The zero-order chi connectivity index (χ0) is 27.8. The summed E-state index contributed by atoms with van der Waals surface area (Å²) < 4.78 is 5.97. The van der Waals surface area contributed by atoms with E-state index in [2.05, 4.69) is 20.9 Å². The van der Waals surface area contributed by atoms with Crippen LogP contribution in [0.25, 0.3) is 10.2 Å². The Morgan fingerprint density at radius 2 is 1.82 bits per heavy atom. The number of thiophene rings is 1. The van der Waals surface area contributed by atoms with Crippen LogP contribution < -0.4 is 25.6 Å². The number of rotatable bonds is 7. The van der Waals surface area contributed by atoms with E-state index in [-0.39, 0.29) is 29.9 Å². The Labute approximate surface area is 235 Å². The number of hydrogen-bond donors (Lipinski definition) is 3. The number of aryl methyl sites for hydroxylation is 1. The van der Waals surface area contributed by atoms with E-state index in [0.717, 1.165) is 36.0 Å². The molecule has 1 saturated carbocycles. The van der Waals surface area contributed by atoms with E-state index in [4.69, 9.17) is 4.74 Å². The van der Waals surface area contributed by atoms with Gasteiger partial charge in [0.05, 0.1) is 22.4 Å². The molecule has 0 spiro atoms. The highest BCUT2D eigenvalue weighted by Crippen LogP contribution is 2.46. The van der Waals surface area contributed by atoms with Crippen LogP contribution in [0.3, 0.4) is 0 Å². The molecule has 0 bridgehead atoms. The van der Waals surface area contributed by atoms with E-state index < -0.39 is 0 Å². The van der Waals surface area contributed by atoms with Gasteiger partial charge in [0.15, 0.2) is 0 Å². The third kappa shape index (κ3) is 4.75. The lowest BCUT2D eigenvalue weighted by molar-refractivity contribution is -0.121. The largest absolute Gasteiger partial charge is 0.457 e. The number of benzene rings is 2. The topological polar surface area (TPSA) is 113 Å². The van der Waals surface area contributed by atoms with Crippen molar-refractivity contribution in [3.05, 3.63) is 71.2 Å². The van der Waals surface area contributed by atoms with Gasteiger partial charge >= 0.3 is 6.03 Å². The van der Waals surface area contributed by atoms with Crippen molar-refractivity contribution in [3.8, 4) is 11.5 Å². The maximum Gasteiger partial charge on any atom is 0.331 e. The third-order valence-electron chi connectivity index (χ3n) is 7.34. The number of hydrogen-bond acceptors (Lipinski definition) is 6. The van der Waals surface area contributed by atoms with Crippen molar-refractivity contribution < 1.29 is 19.1 Å². The maximum absolute atomic E-state index is 13.5. The number of nitrogens with one attached hydrogen (secondary N) is 3. The van der Waals surface area contributed by atoms with Crippen LogP contribution in [0, 0.1) is 6.92 Å². The fourth-order valence-electron chi connectivity index (χ4n) is 5.40. The molecular formula is C30H29N5O4S. The van der Waals surface area contributed by atoms with Crippen LogP contribution in [0.2, 0.25) is 0 Å². The fourth-order valence-corrected chi connectivity index (χ4v) is 6.42. The molecule has 6 rings (SSSR count). The normalized spacial score (nSPS) is 17.9. The highest BCUT2D eigenvalue weighted by Gasteiger charge is 2.35. The molecule has 40 heavy (non-hydrogen) atoms. The second-order valence-corrected chi connectivity index (χ2v) is 11.0. The first-order valence-corrected chi connectivity index (χ1v) is 14.2. The number of amides is 4. The minimum absolute atomic E-state index is 0.0285. The Morgan fingerprint density at radius 1 is 1.05 bits per heavy atom. The van der Waals surface area contributed by atoms with Gasteiger partial charge in [-0.05, 0) is 68.1 Å². The minimum Gasteiger partial charge on any atom is -0.457 e. The van der Waals surface area contributed by atoms with Gasteiger partial charge in [0.25, 0.3) is 5.91 Å². The van der Waals surface area contributed by atoms with E-state index in [0.29, 0.717) is 38.9 Å².